The van der Waals surface area contributed by atoms with Crippen molar-refractivity contribution in [3.05, 3.63) is 92.8 Å². The van der Waals surface area contributed by atoms with Crippen LogP contribution in [0.1, 0.15) is 54.0 Å². The molecule has 0 saturated carbocycles. The fraction of sp³-hybridized carbons (Fsp3) is 0.241. The van der Waals surface area contributed by atoms with E-state index < -0.39 is 51.9 Å². The van der Waals surface area contributed by atoms with Gasteiger partial charge >= 0.3 is 12.3 Å². The Morgan fingerprint density at radius 1 is 1.07 bits per heavy atom. The third-order valence-electron chi connectivity index (χ3n) is 6.39. The maximum atomic E-state index is 14.1. The lowest BCUT2D eigenvalue weighted by Gasteiger charge is -2.25. The average molecular weight is 598 g/mol. The molecule has 2 aromatic carbocycles. The Balaban J connectivity index is 1.74. The number of hydrogen-bond acceptors (Lipinski definition) is 6. The van der Waals surface area contributed by atoms with Gasteiger partial charge in [0.25, 0.3) is 5.91 Å². The first-order valence-electron chi connectivity index (χ1n) is 12.8. The van der Waals surface area contributed by atoms with Crippen molar-refractivity contribution in [2.24, 2.45) is 0 Å². The summed E-state index contributed by atoms with van der Waals surface area (Å²) in [6.07, 6.45) is -2.55. The van der Waals surface area contributed by atoms with E-state index in [9.17, 15) is 27.6 Å². The molecule has 0 aliphatic carbocycles. The standard InChI is InChI=1S/C29H26F3N5O4S/c1-28(2,3)41-27(40)35-20(13-15-14-34-19-10-5-4-7-16(15)19)23-21(25(39)37-26-33-11-12-42-26)24(38)17-8-6-9-18(22(17)36-23)29(30,31)32/h4-12,14,20,34H,13H2,1-3H3,(H,35,40)(H,36,38)(H,33,37,39). The van der Waals surface area contributed by atoms with Crippen molar-refractivity contribution in [2.45, 2.75) is 45.0 Å². The first-order chi connectivity index (χ1) is 19.8. The zero-order valence-corrected chi connectivity index (χ0v) is 23.5. The highest BCUT2D eigenvalue weighted by atomic mass is 32.1. The van der Waals surface area contributed by atoms with Gasteiger partial charge in [-0.15, -0.1) is 11.3 Å². The Kier molecular flexibility index (Phi) is 7.54. The molecule has 13 heteroatoms. The monoisotopic (exact) mass is 597 g/mol. The van der Waals surface area contributed by atoms with Gasteiger partial charge in [0.1, 0.15) is 11.2 Å². The Hall–Kier alpha value is -4.65. The minimum Gasteiger partial charge on any atom is -0.444 e. The minimum absolute atomic E-state index is 0.00355. The summed E-state index contributed by atoms with van der Waals surface area (Å²) in [4.78, 5) is 50.3. The number of rotatable bonds is 6. The molecule has 5 aromatic rings. The van der Waals surface area contributed by atoms with E-state index in [1.807, 2.05) is 24.3 Å². The quantitative estimate of drug-likeness (QED) is 0.177. The van der Waals surface area contributed by atoms with E-state index in [-0.39, 0.29) is 22.6 Å². The largest absolute Gasteiger partial charge is 0.444 e. The molecule has 0 saturated heterocycles. The number of aromatic nitrogens is 3. The van der Waals surface area contributed by atoms with Crippen LogP contribution in [0.15, 0.2) is 65.0 Å². The minimum atomic E-state index is -4.81. The number of alkyl carbamates (subject to hydrolysis) is 1. The van der Waals surface area contributed by atoms with E-state index in [0.29, 0.717) is 5.56 Å². The number of pyridine rings is 1. The highest BCUT2D eigenvalue weighted by Crippen LogP contribution is 2.35. The second-order valence-electron chi connectivity index (χ2n) is 10.5. The van der Waals surface area contributed by atoms with E-state index in [4.69, 9.17) is 4.74 Å². The molecule has 1 unspecified atom stereocenters. The molecular weight excluding hydrogens is 571 g/mol. The van der Waals surface area contributed by atoms with Crippen molar-refractivity contribution < 1.29 is 27.5 Å². The highest BCUT2D eigenvalue weighted by molar-refractivity contribution is 7.13. The smallest absolute Gasteiger partial charge is 0.418 e. The SMILES string of the molecule is CC(C)(C)OC(=O)NC(Cc1c[nH]c2ccccc12)c1[nH]c2c(C(F)(F)F)cccc2c(=O)c1C(=O)Nc1nccs1. The molecular formula is C29H26F3N5O4S. The van der Waals surface area contributed by atoms with Crippen LogP contribution in [0.25, 0.3) is 21.8 Å². The van der Waals surface area contributed by atoms with E-state index in [1.165, 1.54) is 12.3 Å². The number of H-pyrrole nitrogens is 2. The number of nitrogens with zero attached hydrogens (tertiary/aromatic N) is 1. The summed E-state index contributed by atoms with van der Waals surface area (Å²) in [5.41, 5.74) is -2.64. The molecule has 0 spiro atoms. The van der Waals surface area contributed by atoms with Gasteiger partial charge in [0.2, 0.25) is 5.43 Å². The van der Waals surface area contributed by atoms with Gasteiger partial charge in [-0.3, -0.25) is 14.9 Å². The number of ether oxygens (including phenoxy) is 1. The zero-order valence-electron chi connectivity index (χ0n) is 22.7. The number of thiazole rings is 1. The van der Waals surface area contributed by atoms with Gasteiger partial charge in [-0.05, 0) is 44.5 Å². The molecule has 9 nitrogen and oxygen atoms in total. The first kappa shape index (κ1) is 28.9. The lowest BCUT2D eigenvalue weighted by Crippen LogP contribution is -2.38. The van der Waals surface area contributed by atoms with Crippen molar-refractivity contribution in [3.63, 3.8) is 0 Å². The molecule has 2 amide bonds. The van der Waals surface area contributed by atoms with E-state index >= 15 is 0 Å². The third kappa shape index (κ3) is 6.00. The first-order valence-corrected chi connectivity index (χ1v) is 13.7. The van der Waals surface area contributed by atoms with Crippen LogP contribution < -0.4 is 16.1 Å². The average Bonchev–Trinajstić information content (AvgIpc) is 3.56. The number of fused-ring (bicyclic) bond motifs is 2. The van der Waals surface area contributed by atoms with Crippen LogP contribution >= 0.6 is 11.3 Å². The predicted octanol–water partition coefficient (Wildman–Crippen LogP) is 6.55. The predicted molar refractivity (Wildman–Crippen MR) is 154 cm³/mol. The summed E-state index contributed by atoms with van der Waals surface area (Å²) in [6, 6.07) is 9.30. The number of halogens is 3. The lowest BCUT2D eigenvalue weighted by atomic mass is 9.96. The number of nitrogens with one attached hydrogen (secondary N) is 4. The van der Waals surface area contributed by atoms with E-state index in [2.05, 4.69) is 25.6 Å². The van der Waals surface area contributed by atoms with Crippen molar-refractivity contribution in [1.82, 2.24) is 20.3 Å². The van der Waals surface area contributed by atoms with Crippen LogP contribution in [0.2, 0.25) is 0 Å². The van der Waals surface area contributed by atoms with Gasteiger partial charge in [-0.2, -0.15) is 13.2 Å². The molecule has 0 fully saturated rings. The second kappa shape index (κ2) is 11.0. The highest BCUT2D eigenvalue weighted by Gasteiger charge is 2.35. The number of para-hydroxylation sites is 2. The fourth-order valence-electron chi connectivity index (χ4n) is 4.69. The molecule has 0 aliphatic heterocycles. The summed E-state index contributed by atoms with van der Waals surface area (Å²) in [5, 5.41) is 7.47. The Morgan fingerprint density at radius 2 is 1.81 bits per heavy atom. The molecule has 42 heavy (non-hydrogen) atoms. The lowest BCUT2D eigenvalue weighted by molar-refractivity contribution is -0.136. The molecule has 3 aromatic heterocycles. The van der Waals surface area contributed by atoms with Crippen LogP contribution in [-0.4, -0.2) is 32.6 Å². The van der Waals surface area contributed by atoms with Gasteiger partial charge in [0.15, 0.2) is 5.13 Å². The number of carbonyl (C=O) groups excluding carboxylic acids is 2. The second-order valence-corrected chi connectivity index (χ2v) is 11.4. The fourth-order valence-corrected chi connectivity index (χ4v) is 5.22. The number of benzene rings is 2. The van der Waals surface area contributed by atoms with E-state index in [0.717, 1.165) is 34.4 Å². The summed E-state index contributed by atoms with van der Waals surface area (Å²) in [6.45, 7) is 4.96. The van der Waals surface area contributed by atoms with Gasteiger partial charge in [-0.1, -0.05) is 24.3 Å². The Bertz CT molecular complexity index is 1840. The molecule has 4 N–H and O–H groups in total. The van der Waals surface area contributed by atoms with Crippen LogP contribution in [-0.2, 0) is 17.3 Å². The number of anilines is 1. The van der Waals surface area contributed by atoms with Crippen LogP contribution in [0, 0.1) is 0 Å². The van der Waals surface area contributed by atoms with Crippen molar-refractivity contribution in [2.75, 3.05) is 5.32 Å². The van der Waals surface area contributed by atoms with Gasteiger partial charge in [-0.25, -0.2) is 9.78 Å². The third-order valence-corrected chi connectivity index (χ3v) is 7.08. The zero-order chi connectivity index (χ0) is 30.2. The van der Waals surface area contributed by atoms with E-state index in [1.54, 1.807) is 32.3 Å². The maximum absolute atomic E-state index is 14.1. The molecule has 1 atom stereocenters. The molecule has 218 valence electrons. The van der Waals surface area contributed by atoms with Gasteiger partial charge in [0.05, 0.1) is 22.8 Å². The van der Waals surface area contributed by atoms with Crippen molar-refractivity contribution in [1.29, 1.82) is 0 Å². The van der Waals surface area contributed by atoms with Crippen LogP contribution in [0.5, 0.6) is 0 Å². The normalized spacial score (nSPS) is 12.8. The van der Waals surface area contributed by atoms with Gasteiger partial charge in [0, 0.05) is 40.5 Å². The van der Waals surface area contributed by atoms with Crippen molar-refractivity contribution in [3.8, 4) is 0 Å². The maximum Gasteiger partial charge on any atom is 0.418 e. The summed E-state index contributed by atoms with van der Waals surface area (Å²) in [7, 11) is 0. The number of alkyl halides is 3. The molecule has 0 bridgehead atoms. The summed E-state index contributed by atoms with van der Waals surface area (Å²) < 4.78 is 47.6. The summed E-state index contributed by atoms with van der Waals surface area (Å²) in [5.74, 6) is -0.893. The molecule has 0 aliphatic rings. The molecule has 5 rings (SSSR count). The number of carbonyl (C=O) groups is 2. The topological polar surface area (TPSA) is 129 Å². The molecule has 0 radical (unpaired) electrons. The Morgan fingerprint density at radius 3 is 2.50 bits per heavy atom. The molecule has 3 heterocycles. The Labute approximate surface area is 241 Å². The number of aromatic amines is 2. The van der Waals surface area contributed by atoms with Gasteiger partial charge < -0.3 is 20.0 Å². The van der Waals surface area contributed by atoms with Crippen LogP contribution in [0.4, 0.5) is 23.1 Å². The van der Waals surface area contributed by atoms with Crippen molar-refractivity contribution >= 4 is 50.3 Å². The van der Waals surface area contributed by atoms with Crippen LogP contribution in [0.3, 0.4) is 0 Å². The number of hydrogen-bond donors (Lipinski definition) is 4. The summed E-state index contributed by atoms with van der Waals surface area (Å²) >= 11 is 1.10. The number of amides is 2.